The van der Waals surface area contributed by atoms with Gasteiger partial charge in [-0.15, -0.1) is 0 Å². The van der Waals surface area contributed by atoms with Gasteiger partial charge in [0, 0.05) is 18.2 Å². The lowest BCUT2D eigenvalue weighted by Crippen LogP contribution is -2.54. The van der Waals surface area contributed by atoms with E-state index in [2.05, 4.69) is 15.8 Å². The molecule has 1 aromatic rings. The Hall–Kier alpha value is -1.56. The van der Waals surface area contributed by atoms with Crippen LogP contribution in [0.4, 0.5) is 4.79 Å². The minimum atomic E-state index is -0.526. The first kappa shape index (κ1) is 15.8. The van der Waals surface area contributed by atoms with Crippen LogP contribution in [0.1, 0.15) is 50.6 Å². The van der Waals surface area contributed by atoms with Crippen LogP contribution in [0.15, 0.2) is 4.52 Å². The van der Waals surface area contributed by atoms with Crippen LogP contribution in [-0.4, -0.2) is 29.9 Å². The van der Waals surface area contributed by atoms with E-state index in [0.29, 0.717) is 0 Å². The molecule has 118 valence electrons. The highest BCUT2D eigenvalue weighted by molar-refractivity contribution is 5.75. The van der Waals surface area contributed by atoms with Gasteiger partial charge in [-0.2, -0.15) is 0 Å². The normalized spacial score (nSPS) is 21.8. The number of carbonyl (C=O) groups is 1. The first-order chi connectivity index (χ1) is 9.83. The second kappa shape index (κ2) is 6.05. The summed E-state index contributed by atoms with van der Waals surface area (Å²) in [6.07, 6.45) is 2.05. The van der Waals surface area contributed by atoms with E-state index < -0.39 is 5.54 Å². The first-order valence-corrected chi connectivity index (χ1v) is 7.47. The molecule has 0 aromatic carbocycles. The number of amides is 2. The summed E-state index contributed by atoms with van der Waals surface area (Å²) in [5.41, 5.74) is 1.21. The molecule has 0 radical (unpaired) electrons. The lowest BCUT2D eigenvalue weighted by atomic mass is 9.89. The minimum absolute atomic E-state index is 0.167. The summed E-state index contributed by atoms with van der Waals surface area (Å²) in [6.45, 7) is 10.3. The Kier molecular flexibility index (Phi) is 4.56. The Morgan fingerprint density at radius 3 is 2.62 bits per heavy atom. The van der Waals surface area contributed by atoms with Crippen molar-refractivity contribution in [1.29, 1.82) is 0 Å². The predicted octanol–water partition coefficient (Wildman–Crippen LogP) is 2.39. The van der Waals surface area contributed by atoms with Crippen molar-refractivity contribution in [3.63, 3.8) is 0 Å². The van der Waals surface area contributed by atoms with Crippen molar-refractivity contribution in [3.05, 3.63) is 17.0 Å². The van der Waals surface area contributed by atoms with Crippen molar-refractivity contribution in [2.24, 2.45) is 0 Å². The van der Waals surface area contributed by atoms with Crippen LogP contribution in [0.3, 0.4) is 0 Å². The van der Waals surface area contributed by atoms with Crippen LogP contribution in [0.25, 0.3) is 0 Å². The predicted molar refractivity (Wildman–Crippen MR) is 79.1 cm³/mol. The fraction of sp³-hybridized carbons (Fsp3) is 0.733. The monoisotopic (exact) mass is 295 g/mol. The molecule has 0 saturated heterocycles. The molecule has 0 unspecified atom stereocenters. The first-order valence-electron chi connectivity index (χ1n) is 7.47. The zero-order valence-electron chi connectivity index (χ0n) is 13.4. The highest BCUT2D eigenvalue weighted by Gasteiger charge is 2.33. The number of nitrogens with one attached hydrogen (secondary N) is 2. The fourth-order valence-corrected chi connectivity index (χ4v) is 3.00. The van der Waals surface area contributed by atoms with Crippen molar-refractivity contribution in [2.75, 3.05) is 6.61 Å². The van der Waals surface area contributed by atoms with Gasteiger partial charge >= 0.3 is 6.03 Å². The van der Waals surface area contributed by atoms with Gasteiger partial charge in [-0.25, -0.2) is 4.79 Å². The maximum atomic E-state index is 12.1. The topological polar surface area (TPSA) is 76.4 Å². The third-order valence-corrected chi connectivity index (χ3v) is 3.92. The molecule has 6 heteroatoms. The largest absolute Gasteiger partial charge is 0.378 e. The molecular weight excluding hydrogens is 270 g/mol. The van der Waals surface area contributed by atoms with Crippen molar-refractivity contribution >= 4 is 6.03 Å². The number of aryl methyl sites for hydroxylation is 2. The third-order valence-electron chi connectivity index (χ3n) is 3.92. The molecule has 2 rings (SSSR count). The summed E-state index contributed by atoms with van der Waals surface area (Å²) >= 11 is 0. The zero-order valence-corrected chi connectivity index (χ0v) is 13.4. The van der Waals surface area contributed by atoms with Crippen LogP contribution in [0, 0.1) is 13.8 Å². The van der Waals surface area contributed by atoms with Gasteiger partial charge in [-0.1, -0.05) is 5.16 Å². The molecule has 2 N–H and O–H groups in total. The number of aromatic nitrogens is 1. The average Bonchev–Trinajstić information content (AvgIpc) is 2.66. The number of carbonyl (C=O) groups excluding carboxylic acids is 1. The molecular formula is C15H25N3O3. The summed E-state index contributed by atoms with van der Waals surface area (Å²) in [6, 6.07) is 0.0296. The zero-order chi connectivity index (χ0) is 15.6. The molecule has 0 atom stereocenters. The Morgan fingerprint density at radius 2 is 2.10 bits per heavy atom. The van der Waals surface area contributed by atoms with Gasteiger partial charge in [-0.05, 0) is 47.5 Å². The van der Waals surface area contributed by atoms with E-state index in [1.165, 1.54) is 0 Å². The van der Waals surface area contributed by atoms with Gasteiger partial charge in [0.05, 0.1) is 17.3 Å². The van der Waals surface area contributed by atoms with Crippen molar-refractivity contribution in [1.82, 2.24) is 15.8 Å². The number of hydrogen-bond acceptors (Lipinski definition) is 4. The summed E-state index contributed by atoms with van der Waals surface area (Å²) in [5, 5.41) is 9.92. The second-order valence-electron chi connectivity index (χ2n) is 6.17. The highest BCUT2D eigenvalue weighted by Crippen LogP contribution is 2.27. The van der Waals surface area contributed by atoms with E-state index in [1.807, 2.05) is 34.6 Å². The molecule has 6 nitrogen and oxygen atoms in total. The molecule has 1 fully saturated rings. The quantitative estimate of drug-likeness (QED) is 0.874. The van der Waals surface area contributed by atoms with Gasteiger partial charge in [0.25, 0.3) is 0 Å². The Morgan fingerprint density at radius 1 is 1.43 bits per heavy atom. The molecule has 0 bridgehead atoms. The Labute approximate surface area is 125 Å². The van der Waals surface area contributed by atoms with E-state index in [1.54, 1.807) is 0 Å². The van der Waals surface area contributed by atoms with E-state index in [9.17, 15) is 4.79 Å². The summed E-state index contributed by atoms with van der Waals surface area (Å²) in [4.78, 5) is 12.1. The number of hydrogen-bond donors (Lipinski definition) is 2. The number of rotatable bonds is 5. The lowest BCUT2D eigenvalue weighted by Gasteiger charge is -2.36. The Balaban J connectivity index is 1.88. The SMILES string of the molecule is CCOC1CC(NC(=O)NC(C)(C)c2c(C)noc2C)C1. The summed E-state index contributed by atoms with van der Waals surface area (Å²) in [7, 11) is 0. The van der Waals surface area contributed by atoms with Gasteiger partial charge in [-0.3, -0.25) is 0 Å². The molecule has 1 saturated carbocycles. The molecule has 21 heavy (non-hydrogen) atoms. The molecule has 1 aromatic heterocycles. The van der Waals surface area contributed by atoms with E-state index >= 15 is 0 Å². The molecule has 1 heterocycles. The van der Waals surface area contributed by atoms with Crippen LogP contribution < -0.4 is 10.6 Å². The maximum Gasteiger partial charge on any atom is 0.315 e. The van der Waals surface area contributed by atoms with Gasteiger partial charge in [0.2, 0.25) is 0 Å². The van der Waals surface area contributed by atoms with E-state index in [4.69, 9.17) is 9.26 Å². The highest BCUT2D eigenvalue weighted by atomic mass is 16.5. The smallest absolute Gasteiger partial charge is 0.315 e. The van der Waals surface area contributed by atoms with Crippen molar-refractivity contribution in [3.8, 4) is 0 Å². The van der Waals surface area contributed by atoms with Crippen LogP contribution in [0.5, 0.6) is 0 Å². The number of urea groups is 1. The second-order valence-corrected chi connectivity index (χ2v) is 6.17. The third kappa shape index (κ3) is 3.56. The summed E-state index contributed by atoms with van der Waals surface area (Å²) in [5.74, 6) is 0.734. The van der Waals surface area contributed by atoms with E-state index in [-0.39, 0.29) is 18.2 Å². The maximum absolute atomic E-state index is 12.1. The molecule has 2 amide bonds. The van der Waals surface area contributed by atoms with Gasteiger partial charge in [0.1, 0.15) is 5.76 Å². The molecule has 1 aliphatic rings. The van der Waals surface area contributed by atoms with Crippen molar-refractivity contribution < 1.29 is 14.1 Å². The minimum Gasteiger partial charge on any atom is -0.378 e. The fourth-order valence-electron chi connectivity index (χ4n) is 3.00. The standard InChI is InChI=1S/C15H25N3O3/c1-6-20-12-7-11(8-12)16-14(19)17-15(4,5)13-9(2)18-21-10(13)3/h11-12H,6-8H2,1-5H3,(H2,16,17,19). The molecule has 0 aliphatic heterocycles. The lowest BCUT2D eigenvalue weighted by molar-refractivity contribution is -0.00724. The van der Waals surface area contributed by atoms with Gasteiger partial charge < -0.3 is 19.9 Å². The van der Waals surface area contributed by atoms with Gasteiger partial charge in [0.15, 0.2) is 0 Å². The number of ether oxygens (including phenoxy) is 1. The number of nitrogens with zero attached hydrogens (tertiary/aromatic N) is 1. The van der Waals surface area contributed by atoms with Crippen LogP contribution in [0.2, 0.25) is 0 Å². The van der Waals surface area contributed by atoms with Crippen LogP contribution in [-0.2, 0) is 10.3 Å². The Bertz CT molecular complexity index is 485. The summed E-state index contributed by atoms with van der Waals surface area (Å²) < 4.78 is 10.7. The molecule has 1 aliphatic carbocycles. The molecule has 0 spiro atoms. The van der Waals surface area contributed by atoms with Crippen molar-refractivity contribution in [2.45, 2.75) is 65.1 Å². The van der Waals surface area contributed by atoms with E-state index in [0.717, 1.165) is 36.5 Å². The van der Waals surface area contributed by atoms with Crippen LogP contribution >= 0.6 is 0 Å². The average molecular weight is 295 g/mol.